The summed E-state index contributed by atoms with van der Waals surface area (Å²) < 4.78 is 13.7. The SMILES string of the molecule is CCC[C@H](NC1CCc2cccc(F)c2C1)C(=O)O. The summed E-state index contributed by atoms with van der Waals surface area (Å²) in [5, 5.41) is 12.3. The van der Waals surface area contributed by atoms with Crippen LogP contribution in [0, 0.1) is 5.82 Å². The predicted octanol–water partition coefficient (Wildman–Crippen LogP) is 2.53. The van der Waals surface area contributed by atoms with E-state index in [9.17, 15) is 9.18 Å². The van der Waals surface area contributed by atoms with Gasteiger partial charge in [-0.25, -0.2) is 4.39 Å². The first-order chi connectivity index (χ1) is 9.11. The van der Waals surface area contributed by atoms with Gasteiger partial charge in [0.1, 0.15) is 11.9 Å². The molecule has 1 aliphatic carbocycles. The number of nitrogens with one attached hydrogen (secondary N) is 1. The van der Waals surface area contributed by atoms with E-state index in [1.54, 1.807) is 6.07 Å². The smallest absolute Gasteiger partial charge is 0.320 e. The molecular formula is C15H20FNO2. The van der Waals surface area contributed by atoms with Crippen molar-refractivity contribution >= 4 is 5.97 Å². The summed E-state index contributed by atoms with van der Waals surface area (Å²) in [4.78, 5) is 11.1. The van der Waals surface area contributed by atoms with Crippen LogP contribution in [0.1, 0.15) is 37.3 Å². The Kier molecular flexibility index (Phi) is 4.53. The number of hydrogen-bond donors (Lipinski definition) is 2. The van der Waals surface area contributed by atoms with Gasteiger partial charge >= 0.3 is 5.97 Å². The molecule has 4 heteroatoms. The number of fused-ring (bicyclic) bond motifs is 1. The minimum atomic E-state index is -0.818. The van der Waals surface area contributed by atoms with Gasteiger partial charge in [-0.3, -0.25) is 4.79 Å². The zero-order valence-electron chi connectivity index (χ0n) is 11.2. The van der Waals surface area contributed by atoms with E-state index in [-0.39, 0.29) is 11.9 Å². The summed E-state index contributed by atoms with van der Waals surface area (Å²) in [5.74, 6) is -0.993. The van der Waals surface area contributed by atoms with Crippen LogP contribution in [0.5, 0.6) is 0 Å². The van der Waals surface area contributed by atoms with E-state index in [0.717, 1.165) is 30.4 Å². The van der Waals surface area contributed by atoms with Crippen LogP contribution in [0.25, 0.3) is 0 Å². The zero-order chi connectivity index (χ0) is 13.8. The van der Waals surface area contributed by atoms with E-state index in [1.165, 1.54) is 6.07 Å². The number of carboxylic acid groups (broad SMARTS) is 1. The van der Waals surface area contributed by atoms with Crippen LogP contribution in [0.4, 0.5) is 4.39 Å². The van der Waals surface area contributed by atoms with Crippen molar-refractivity contribution < 1.29 is 14.3 Å². The van der Waals surface area contributed by atoms with Crippen molar-refractivity contribution in [3.8, 4) is 0 Å². The first-order valence-electron chi connectivity index (χ1n) is 6.87. The van der Waals surface area contributed by atoms with Crippen molar-refractivity contribution in [2.45, 2.75) is 51.1 Å². The molecule has 0 aliphatic heterocycles. The van der Waals surface area contributed by atoms with E-state index in [2.05, 4.69) is 5.32 Å². The second-order valence-electron chi connectivity index (χ2n) is 5.16. The maximum absolute atomic E-state index is 13.7. The number of halogens is 1. The number of rotatable bonds is 5. The molecule has 0 aromatic heterocycles. The van der Waals surface area contributed by atoms with Crippen molar-refractivity contribution in [2.24, 2.45) is 0 Å². The van der Waals surface area contributed by atoms with Gasteiger partial charge in [0, 0.05) is 6.04 Å². The summed E-state index contributed by atoms with van der Waals surface area (Å²) >= 11 is 0. The highest BCUT2D eigenvalue weighted by Crippen LogP contribution is 2.24. The molecule has 1 aliphatic rings. The molecule has 104 valence electrons. The Balaban J connectivity index is 2.05. The lowest BCUT2D eigenvalue weighted by Crippen LogP contribution is -2.45. The van der Waals surface area contributed by atoms with Gasteiger partial charge in [0.25, 0.3) is 0 Å². The Bertz CT molecular complexity index is 461. The lowest BCUT2D eigenvalue weighted by molar-refractivity contribution is -0.139. The van der Waals surface area contributed by atoms with E-state index >= 15 is 0 Å². The third-order valence-corrected chi connectivity index (χ3v) is 3.74. The van der Waals surface area contributed by atoms with Crippen LogP contribution in [-0.2, 0) is 17.6 Å². The largest absolute Gasteiger partial charge is 0.480 e. The molecule has 0 radical (unpaired) electrons. The Hall–Kier alpha value is -1.42. The topological polar surface area (TPSA) is 49.3 Å². The fourth-order valence-corrected chi connectivity index (χ4v) is 2.74. The summed E-state index contributed by atoms with van der Waals surface area (Å²) in [6.07, 6.45) is 3.68. The third-order valence-electron chi connectivity index (χ3n) is 3.74. The number of carbonyl (C=O) groups is 1. The Morgan fingerprint density at radius 1 is 1.58 bits per heavy atom. The molecule has 0 fully saturated rings. The van der Waals surface area contributed by atoms with Gasteiger partial charge in [-0.05, 0) is 42.9 Å². The molecule has 19 heavy (non-hydrogen) atoms. The Labute approximate surface area is 112 Å². The summed E-state index contributed by atoms with van der Waals surface area (Å²) in [5.41, 5.74) is 1.80. The van der Waals surface area contributed by atoms with Crippen molar-refractivity contribution in [3.05, 3.63) is 35.1 Å². The minimum absolute atomic E-state index is 0.0528. The van der Waals surface area contributed by atoms with Crippen LogP contribution in [0.15, 0.2) is 18.2 Å². The van der Waals surface area contributed by atoms with E-state index in [1.807, 2.05) is 13.0 Å². The van der Waals surface area contributed by atoms with Gasteiger partial charge in [0.05, 0.1) is 0 Å². The molecule has 2 N–H and O–H groups in total. The maximum Gasteiger partial charge on any atom is 0.320 e. The molecule has 0 heterocycles. The Morgan fingerprint density at radius 2 is 2.37 bits per heavy atom. The van der Waals surface area contributed by atoms with Crippen LogP contribution >= 0.6 is 0 Å². The van der Waals surface area contributed by atoms with Gasteiger partial charge in [0.15, 0.2) is 0 Å². The van der Waals surface area contributed by atoms with Gasteiger partial charge in [-0.15, -0.1) is 0 Å². The third kappa shape index (κ3) is 3.32. The van der Waals surface area contributed by atoms with Gasteiger partial charge in [-0.2, -0.15) is 0 Å². The Morgan fingerprint density at radius 3 is 3.05 bits per heavy atom. The van der Waals surface area contributed by atoms with Gasteiger partial charge in [-0.1, -0.05) is 25.5 Å². The van der Waals surface area contributed by atoms with Crippen molar-refractivity contribution in [2.75, 3.05) is 0 Å². The molecule has 1 aromatic carbocycles. The van der Waals surface area contributed by atoms with E-state index in [0.29, 0.717) is 12.8 Å². The molecule has 1 unspecified atom stereocenters. The summed E-state index contributed by atoms with van der Waals surface area (Å²) in [7, 11) is 0. The van der Waals surface area contributed by atoms with Crippen LogP contribution in [0.2, 0.25) is 0 Å². The zero-order valence-corrected chi connectivity index (χ0v) is 11.2. The molecule has 2 atom stereocenters. The molecule has 0 spiro atoms. The molecule has 0 amide bonds. The normalized spacial score (nSPS) is 19.8. The highest BCUT2D eigenvalue weighted by Gasteiger charge is 2.25. The minimum Gasteiger partial charge on any atom is -0.480 e. The lowest BCUT2D eigenvalue weighted by Gasteiger charge is -2.28. The predicted molar refractivity (Wildman–Crippen MR) is 71.7 cm³/mol. The monoisotopic (exact) mass is 265 g/mol. The lowest BCUT2D eigenvalue weighted by atomic mass is 9.87. The number of benzene rings is 1. The van der Waals surface area contributed by atoms with Gasteiger partial charge < -0.3 is 10.4 Å². The molecule has 2 rings (SSSR count). The van der Waals surface area contributed by atoms with Crippen molar-refractivity contribution in [3.63, 3.8) is 0 Å². The van der Waals surface area contributed by atoms with Crippen molar-refractivity contribution in [1.29, 1.82) is 0 Å². The molecular weight excluding hydrogens is 245 g/mol. The molecule has 0 saturated carbocycles. The average Bonchev–Trinajstić information content (AvgIpc) is 2.39. The van der Waals surface area contributed by atoms with Gasteiger partial charge in [0.2, 0.25) is 0 Å². The fraction of sp³-hybridized carbons (Fsp3) is 0.533. The highest BCUT2D eigenvalue weighted by molar-refractivity contribution is 5.73. The van der Waals surface area contributed by atoms with E-state index in [4.69, 9.17) is 5.11 Å². The van der Waals surface area contributed by atoms with Crippen LogP contribution in [0.3, 0.4) is 0 Å². The standard InChI is InChI=1S/C15H20FNO2/c1-2-4-14(15(18)19)17-11-8-7-10-5-3-6-13(16)12(10)9-11/h3,5-6,11,14,17H,2,4,7-9H2,1H3,(H,18,19)/t11?,14-/m0/s1. The van der Waals surface area contributed by atoms with E-state index < -0.39 is 12.0 Å². The second kappa shape index (κ2) is 6.15. The first kappa shape index (κ1) is 14.0. The second-order valence-corrected chi connectivity index (χ2v) is 5.16. The number of hydrogen-bond acceptors (Lipinski definition) is 2. The fourth-order valence-electron chi connectivity index (χ4n) is 2.74. The van der Waals surface area contributed by atoms with Crippen LogP contribution < -0.4 is 5.32 Å². The summed E-state index contributed by atoms with van der Waals surface area (Å²) in [6.45, 7) is 1.97. The first-order valence-corrected chi connectivity index (χ1v) is 6.87. The quantitative estimate of drug-likeness (QED) is 0.860. The highest BCUT2D eigenvalue weighted by atomic mass is 19.1. The van der Waals surface area contributed by atoms with Crippen molar-refractivity contribution in [1.82, 2.24) is 5.32 Å². The maximum atomic E-state index is 13.7. The number of carboxylic acids is 1. The number of aliphatic carboxylic acids is 1. The average molecular weight is 265 g/mol. The van der Waals surface area contributed by atoms with Crippen LogP contribution in [-0.4, -0.2) is 23.2 Å². The molecule has 1 aromatic rings. The molecule has 3 nitrogen and oxygen atoms in total. The molecule has 0 bridgehead atoms. The summed E-state index contributed by atoms with van der Waals surface area (Å²) in [6, 6.07) is 4.69. The molecule has 0 saturated heterocycles. The number of aryl methyl sites for hydroxylation is 1.